The fourth-order valence-corrected chi connectivity index (χ4v) is 3.77. The van der Waals surface area contributed by atoms with Gasteiger partial charge in [-0.2, -0.15) is 0 Å². The largest absolute Gasteiger partial charge is 0.378 e. The van der Waals surface area contributed by atoms with Crippen molar-refractivity contribution >= 4 is 17.5 Å². The number of hydrogen-bond acceptors (Lipinski definition) is 5. The number of carbonyl (C=O) groups is 2. The third kappa shape index (κ3) is 6.44. The Kier molecular flexibility index (Phi) is 7.89. The van der Waals surface area contributed by atoms with E-state index in [0.29, 0.717) is 19.0 Å². The summed E-state index contributed by atoms with van der Waals surface area (Å²) in [6.07, 6.45) is 1.23. The van der Waals surface area contributed by atoms with Gasteiger partial charge >= 0.3 is 0 Å². The number of benzene rings is 1. The number of amides is 2. The molecule has 3 rings (SSSR count). The maximum absolute atomic E-state index is 12.5. The Morgan fingerprint density at radius 1 is 1.21 bits per heavy atom. The maximum Gasteiger partial charge on any atom is 0.237 e. The van der Waals surface area contributed by atoms with Crippen molar-refractivity contribution in [1.82, 2.24) is 15.5 Å². The van der Waals surface area contributed by atoms with Gasteiger partial charge in [0.2, 0.25) is 11.8 Å². The standard InChI is InChI=1S/C22H34N4O3/c1-17(2)7-9-26-10-8-23-22(28)20(26)15-21(27)24-16-18-3-5-19(6-4-18)25-11-13-29-14-12-25/h3-6,17,20H,7-16H2,1-2H3,(H,23,28)(H,24,27). The van der Waals surface area contributed by atoms with Crippen LogP contribution in [0.15, 0.2) is 24.3 Å². The van der Waals surface area contributed by atoms with Gasteiger partial charge in [-0.1, -0.05) is 26.0 Å². The van der Waals surface area contributed by atoms with E-state index < -0.39 is 0 Å². The van der Waals surface area contributed by atoms with E-state index in [2.05, 4.69) is 46.4 Å². The fourth-order valence-electron chi connectivity index (χ4n) is 3.77. The van der Waals surface area contributed by atoms with Crippen LogP contribution in [0.4, 0.5) is 5.69 Å². The number of piperazine rings is 1. The second-order valence-electron chi connectivity index (χ2n) is 8.27. The Morgan fingerprint density at radius 3 is 2.62 bits per heavy atom. The van der Waals surface area contributed by atoms with Gasteiger partial charge in [0.25, 0.3) is 0 Å². The lowest BCUT2D eigenvalue weighted by Gasteiger charge is -2.35. The summed E-state index contributed by atoms with van der Waals surface area (Å²) >= 11 is 0. The Morgan fingerprint density at radius 2 is 1.93 bits per heavy atom. The van der Waals surface area contributed by atoms with Crippen molar-refractivity contribution in [2.45, 2.75) is 39.3 Å². The van der Waals surface area contributed by atoms with Gasteiger partial charge in [0.05, 0.1) is 25.7 Å². The molecule has 1 unspecified atom stereocenters. The highest BCUT2D eigenvalue weighted by molar-refractivity contribution is 5.88. The van der Waals surface area contributed by atoms with Crippen LogP contribution in [0.3, 0.4) is 0 Å². The fraction of sp³-hybridized carbons (Fsp3) is 0.636. The quantitative estimate of drug-likeness (QED) is 0.687. The predicted octanol–water partition coefficient (Wildman–Crippen LogP) is 1.38. The Labute approximate surface area is 173 Å². The molecule has 0 aliphatic carbocycles. The van der Waals surface area contributed by atoms with Gasteiger partial charge in [0.1, 0.15) is 0 Å². The van der Waals surface area contributed by atoms with Gasteiger partial charge < -0.3 is 20.3 Å². The molecule has 2 aliphatic heterocycles. The summed E-state index contributed by atoms with van der Waals surface area (Å²) in [5, 5.41) is 5.86. The first-order chi connectivity index (χ1) is 14.0. The van der Waals surface area contributed by atoms with Crippen molar-refractivity contribution in [3.05, 3.63) is 29.8 Å². The predicted molar refractivity (Wildman–Crippen MR) is 114 cm³/mol. The minimum Gasteiger partial charge on any atom is -0.378 e. The molecular weight excluding hydrogens is 368 g/mol. The Hall–Kier alpha value is -2.12. The van der Waals surface area contributed by atoms with E-state index >= 15 is 0 Å². The lowest BCUT2D eigenvalue weighted by Crippen LogP contribution is -2.56. The molecule has 0 saturated carbocycles. The molecule has 2 fully saturated rings. The van der Waals surface area contributed by atoms with Crippen molar-refractivity contribution in [1.29, 1.82) is 0 Å². The molecule has 2 N–H and O–H groups in total. The number of morpholine rings is 1. The number of nitrogens with one attached hydrogen (secondary N) is 2. The first-order valence-electron chi connectivity index (χ1n) is 10.7. The van der Waals surface area contributed by atoms with Gasteiger partial charge in [-0.25, -0.2) is 0 Å². The molecule has 7 nitrogen and oxygen atoms in total. The van der Waals surface area contributed by atoms with E-state index in [1.807, 2.05) is 12.1 Å². The summed E-state index contributed by atoms with van der Waals surface area (Å²) in [7, 11) is 0. The topological polar surface area (TPSA) is 73.9 Å². The zero-order valence-electron chi connectivity index (χ0n) is 17.7. The maximum atomic E-state index is 12.5. The van der Waals surface area contributed by atoms with Crippen molar-refractivity contribution in [3.63, 3.8) is 0 Å². The highest BCUT2D eigenvalue weighted by atomic mass is 16.5. The molecule has 160 valence electrons. The summed E-state index contributed by atoms with van der Waals surface area (Å²) < 4.78 is 5.39. The van der Waals surface area contributed by atoms with Crippen LogP contribution < -0.4 is 15.5 Å². The Balaban J connectivity index is 1.48. The monoisotopic (exact) mass is 402 g/mol. The molecule has 7 heteroatoms. The van der Waals surface area contributed by atoms with Crippen LogP contribution in [0.1, 0.15) is 32.3 Å². The van der Waals surface area contributed by atoms with Gasteiger partial charge in [0.15, 0.2) is 0 Å². The average Bonchev–Trinajstić information content (AvgIpc) is 2.73. The van der Waals surface area contributed by atoms with E-state index in [4.69, 9.17) is 4.74 Å². The summed E-state index contributed by atoms with van der Waals surface area (Å²) in [6.45, 7) is 10.5. The third-order valence-electron chi connectivity index (χ3n) is 5.62. The van der Waals surface area contributed by atoms with Crippen LogP contribution in [-0.4, -0.2) is 68.7 Å². The van der Waals surface area contributed by atoms with E-state index in [1.54, 1.807) is 0 Å². The van der Waals surface area contributed by atoms with Gasteiger partial charge in [-0.3, -0.25) is 14.5 Å². The van der Waals surface area contributed by atoms with Gasteiger partial charge in [-0.15, -0.1) is 0 Å². The van der Waals surface area contributed by atoms with Crippen LogP contribution in [-0.2, 0) is 20.9 Å². The second kappa shape index (κ2) is 10.6. The van der Waals surface area contributed by atoms with Crippen molar-refractivity contribution in [2.24, 2.45) is 5.92 Å². The summed E-state index contributed by atoms with van der Waals surface area (Å²) in [6, 6.07) is 7.91. The summed E-state index contributed by atoms with van der Waals surface area (Å²) in [5.74, 6) is 0.457. The van der Waals surface area contributed by atoms with Crippen molar-refractivity contribution in [2.75, 3.05) is 50.8 Å². The van der Waals surface area contributed by atoms with Crippen LogP contribution in [0.5, 0.6) is 0 Å². The molecule has 2 saturated heterocycles. The Bertz CT molecular complexity index is 671. The molecule has 29 heavy (non-hydrogen) atoms. The van der Waals surface area contributed by atoms with E-state index in [-0.39, 0.29) is 24.3 Å². The lowest BCUT2D eigenvalue weighted by molar-refractivity contribution is -0.134. The van der Waals surface area contributed by atoms with E-state index in [1.165, 1.54) is 5.69 Å². The molecule has 0 bridgehead atoms. The van der Waals surface area contributed by atoms with Crippen molar-refractivity contribution in [3.8, 4) is 0 Å². The van der Waals surface area contributed by atoms with E-state index in [9.17, 15) is 9.59 Å². The number of anilines is 1. The molecule has 1 aromatic carbocycles. The van der Waals surface area contributed by atoms with Gasteiger partial charge in [-0.05, 0) is 36.6 Å². The molecular formula is C22H34N4O3. The van der Waals surface area contributed by atoms with Crippen LogP contribution in [0, 0.1) is 5.92 Å². The molecule has 0 aromatic heterocycles. The van der Waals surface area contributed by atoms with Crippen LogP contribution in [0.2, 0.25) is 0 Å². The average molecular weight is 403 g/mol. The normalized spacial score (nSPS) is 20.6. The highest BCUT2D eigenvalue weighted by Crippen LogP contribution is 2.17. The second-order valence-corrected chi connectivity index (χ2v) is 8.27. The minimum absolute atomic E-state index is 0.0370. The zero-order valence-corrected chi connectivity index (χ0v) is 17.7. The van der Waals surface area contributed by atoms with E-state index in [0.717, 1.165) is 51.4 Å². The summed E-state index contributed by atoms with van der Waals surface area (Å²) in [4.78, 5) is 29.2. The number of rotatable bonds is 8. The smallest absolute Gasteiger partial charge is 0.237 e. The number of carbonyl (C=O) groups excluding carboxylic acids is 2. The molecule has 0 radical (unpaired) electrons. The number of ether oxygens (including phenoxy) is 1. The first-order valence-corrected chi connectivity index (χ1v) is 10.7. The zero-order chi connectivity index (χ0) is 20.6. The molecule has 1 aromatic rings. The third-order valence-corrected chi connectivity index (χ3v) is 5.62. The first kappa shape index (κ1) is 21.6. The van der Waals surface area contributed by atoms with Crippen LogP contribution >= 0.6 is 0 Å². The molecule has 2 heterocycles. The van der Waals surface area contributed by atoms with Crippen molar-refractivity contribution < 1.29 is 14.3 Å². The molecule has 1 atom stereocenters. The number of hydrogen-bond donors (Lipinski definition) is 2. The molecule has 2 aliphatic rings. The van der Waals surface area contributed by atoms with Gasteiger partial charge in [0, 0.05) is 38.4 Å². The molecule has 0 spiro atoms. The SMILES string of the molecule is CC(C)CCN1CCNC(=O)C1CC(=O)NCc1ccc(N2CCOCC2)cc1. The molecule has 2 amide bonds. The number of nitrogens with zero attached hydrogens (tertiary/aromatic N) is 2. The minimum atomic E-state index is -0.369. The lowest BCUT2D eigenvalue weighted by atomic mass is 10.1. The highest BCUT2D eigenvalue weighted by Gasteiger charge is 2.31. The summed E-state index contributed by atoms with van der Waals surface area (Å²) in [5.41, 5.74) is 2.24. The van der Waals surface area contributed by atoms with Crippen LogP contribution in [0.25, 0.3) is 0 Å².